The number of benzene rings is 2. The lowest BCUT2D eigenvalue weighted by Crippen LogP contribution is -2.01. The lowest BCUT2D eigenvalue weighted by Gasteiger charge is -2.04. The Morgan fingerprint density at radius 2 is 1.90 bits per heavy atom. The Hall–Kier alpha value is -2.62. The minimum Gasteiger partial charge on any atom is -0.496 e. The van der Waals surface area contributed by atoms with Crippen LogP contribution in [0.25, 0.3) is 10.9 Å². The van der Waals surface area contributed by atoms with E-state index in [-0.39, 0.29) is 11.6 Å². The second kappa shape index (κ2) is 4.81. The minimum absolute atomic E-state index is 0.166. The Morgan fingerprint density at radius 1 is 1.15 bits per heavy atom. The number of aromatic amines is 1. The van der Waals surface area contributed by atoms with E-state index in [9.17, 15) is 9.18 Å². The van der Waals surface area contributed by atoms with Gasteiger partial charge >= 0.3 is 0 Å². The molecule has 3 rings (SSSR count). The molecule has 4 heteroatoms. The van der Waals surface area contributed by atoms with E-state index < -0.39 is 0 Å². The van der Waals surface area contributed by atoms with Gasteiger partial charge < -0.3 is 9.72 Å². The number of H-pyrrole nitrogens is 1. The number of hydrogen-bond acceptors (Lipinski definition) is 2. The summed E-state index contributed by atoms with van der Waals surface area (Å²) in [4.78, 5) is 15.6. The highest BCUT2D eigenvalue weighted by molar-refractivity contribution is 6.17. The first-order valence-corrected chi connectivity index (χ1v) is 6.15. The summed E-state index contributed by atoms with van der Waals surface area (Å²) in [5.41, 5.74) is 1.79. The van der Waals surface area contributed by atoms with Crippen LogP contribution in [0.4, 0.5) is 4.39 Å². The van der Waals surface area contributed by atoms with E-state index in [1.165, 1.54) is 24.3 Å². The number of aromatic nitrogens is 1. The van der Waals surface area contributed by atoms with Gasteiger partial charge in [0, 0.05) is 17.3 Å². The van der Waals surface area contributed by atoms with Crippen molar-refractivity contribution in [1.82, 2.24) is 4.98 Å². The fourth-order valence-corrected chi connectivity index (χ4v) is 2.26. The van der Waals surface area contributed by atoms with Gasteiger partial charge in [-0.3, -0.25) is 4.79 Å². The van der Waals surface area contributed by atoms with Crippen LogP contribution in [0.15, 0.2) is 48.7 Å². The molecule has 1 heterocycles. The van der Waals surface area contributed by atoms with E-state index in [0.717, 1.165) is 10.9 Å². The van der Waals surface area contributed by atoms with Crippen molar-refractivity contribution in [2.75, 3.05) is 7.11 Å². The third-order valence-corrected chi connectivity index (χ3v) is 3.24. The van der Waals surface area contributed by atoms with E-state index in [4.69, 9.17) is 4.74 Å². The molecule has 0 aliphatic heterocycles. The standard InChI is InChI=1S/C16H12FNO2/c1-20-14-4-2-3-13-15(14)12(9-18-13)16(19)10-5-7-11(17)8-6-10/h2-9,18H,1H3. The molecular formula is C16H12FNO2. The number of hydrogen-bond donors (Lipinski definition) is 1. The highest BCUT2D eigenvalue weighted by Gasteiger charge is 2.17. The maximum absolute atomic E-state index is 12.9. The average molecular weight is 269 g/mol. The molecule has 1 aromatic heterocycles. The molecule has 2 aromatic carbocycles. The minimum atomic E-state index is -0.363. The van der Waals surface area contributed by atoms with Gasteiger partial charge in [-0.2, -0.15) is 0 Å². The van der Waals surface area contributed by atoms with Crippen LogP contribution in [0, 0.1) is 5.82 Å². The van der Waals surface area contributed by atoms with Crippen molar-refractivity contribution >= 4 is 16.7 Å². The van der Waals surface area contributed by atoms with Crippen LogP contribution in [-0.4, -0.2) is 17.9 Å². The third-order valence-electron chi connectivity index (χ3n) is 3.24. The van der Waals surface area contributed by atoms with Crippen molar-refractivity contribution in [3.63, 3.8) is 0 Å². The van der Waals surface area contributed by atoms with E-state index >= 15 is 0 Å². The molecule has 0 amide bonds. The summed E-state index contributed by atoms with van der Waals surface area (Å²) < 4.78 is 18.2. The number of rotatable bonds is 3. The van der Waals surface area contributed by atoms with Gasteiger partial charge in [0.25, 0.3) is 0 Å². The number of ether oxygens (including phenoxy) is 1. The first-order valence-electron chi connectivity index (χ1n) is 6.15. The van der Waals surface area contributed by atoms with Crippen LogP contribution in [0.1, 0.15) is 15.9 Å². The molecule has 0 bridgehead atoms. The van der Waals surface area contributed by atoms with Gasteiger partial charge in [-0.1, -0.05) is 6.07 Å². The highest BCUT2D eigenvalue weighted by Crippen LogP contribution is 2.29. The molecule has 0 aliphatic rings. The molecule has 3 nitrogen and oxygen atoms in total. The molecule has 3 aromatic rings. The van der Waals surface area contributed by atoms with Crippen molar-refractivity contribution in [3.8, 4) is 5.75 Å². The number of carbonyl (C=O) groups excluding carboxylic acids is 1. The molecule has 0 aliphatic carbocycles. The molecule has 100 valence electrons. The monoisotopic (exact) mass is 269 g/mol. The van der Waals surface area contributed by atoms with E-state index in [2.05, 4.69) is 4.98 Å². The summed E-state index contributed by atoms with van der Waals surface area (Å²) in [6.07, 6.45) is 1.65. The molecule has 1 N–H and O–H groups in total. The average Bonchev–Trinajstić information content (AvgIpc) is 2.91. The van der Waals surface area contributed by atoms with Gasteiger partial charge in [0.2, 0.25) is 0 Å². The number of halogens is 1. The molecule has 0 saturated carbocycles. The molecular weight excluding hydrogens is 257 g/mol. The van der Waals surface area contributed by atoms with Gasteiger partial charge in [-0.15, -0.1) is 0 Å². The summed E-state index contributed by atoms with van der Waals surface area (Å²) in [6, 6.07) is 11.0. The first kappa shape index (κ1) is 12.4. The van der Waals surface area contributed by atoms with Crippen LogP contribution < -0.4 is 4.74 Å². The lowest BCUT2D eigenvalue weighted by atomic mass is 10.0. The number of carbonyl (C=O) groups is 1. The van der Waals surface area contributed by atoms with Crippen molar-refractivity contribution in [2.45, 2.75) is 0 Å². The van der Waals surface area contributed by atoms with Gasteiger partial charge in [-0.05, 0) is 36.4 Å². The van der Waals surface area contributed by atoms with Crippen molar-refractivity contribution in [2.24, 2.45) is 0 Å². The second-order valence-electron chi connectivity index (χ2n) is 4.42. The molecule has 0 atom stereocenters. The van der Waals surface area contributed by atoms with Crippen molar-refractivity contribution in [3.05, 3.63) is 65.6 Å². The molecule has 0 unspecified atom stereocenters. The molecule has 0 saturated heterocycles. The Balaban J connectivity index is 2.14. The molecule has 20 heavy (non-hydrogen) atoms. The predicted octanol–water partition coefficient (Wildman–Crippen LogP) is 3.55. The van der Waals surface area contributed by atoms with E-state index in [1.807, 2.05) is 12.1 Å². The summed E-state index contributed by atoms with van der Waals surface area (Å²) >= 11 is 0. The van der Waals surface area contributed by atoms with Crippen molar-refractivity contribution in [1.29, 1.82) is 0 Å². The lowest BCUT2D eigenvalue weighted by molar-refractivity contribution is 0.104. The summed E-state index contributed by atoms with van der Waals surface area (Å²) in [5.74, 6) is 0.105. The van der Waals surface area contributed by atoms with Gasteiger partial charge in [-0.25, -0.2) is 4.39 Å². The quantitative estimate of drug-likeness (QED) is 0.739. The normalized spacial score (nSPS) is 10.7. The number of ketones is 1. The van der Waals surface area contributed by atoms with Crippen LogP contribution in [-0.2, 0) is 0 Å². The zero-order valence-electron chi connectivity index (χ0n) is 10.8. The topological polar surface area (TPSA) is 42.1 Å². The van der Waals surface area contributed by atoms with Crippen LogP contribution in [0.5, 0.6) is 5.75 Å². The van der Waals surface area contributed by atoms with E-state index in [0.29, 0.717) is 16.9 Å². The SMILES string of the molecule is COc1cccc2[nH]cc(C(=O)c3ccc(F)cc3)c12. The fourth-order valence-electron chi connectivity index (χ4n) is 2.26. The van der Waals surface area contributed by atoms with Gasteiger partial charge in [0.1, 0.15) is 11.6 Å². The summed E-state index contributed by atoms with van der Waals surface area (Å²) in [6.45, 7) is 0. The zero-order valence-corrected chi connectivity index (χ0v) is 10.8. The maximum atomic E-state index is 12.9. The Kier molecular flexibility index (Phi) is 2.99. The first-order chi connectivity index (χ1) is 9.70. The Labute approximate surface area is 115 Å². The molecule has 0 spiro atoms. The fraction of sp³-hybridized carbons (Fsp3) is 0.0625. The largest absolute Gasteiger partial charge is 0.496 e. The zero-order chi connectivity index (χ0) is 14.1. The van der Waals surface area contributed by atoms with Crippen molar-refractivity contribution < 1.29 is 13.9 Å². The van der Waals surface area contributed by atoms with Crippen LogP contribution in [0.2, 0.25) is 0 Å². The number of nitrogens with one attached hydrogen (secondary N) is 1. The number of methoxy groups -OCH3 is 1. The Bertz CT molecular complexity index is 775. The molecule has 0 fully saturated rings. The van der Waals surface area contributed by atoms with Gasteiger partial charge in [0.15, 0.2) is 5.78 Å². The molecule has 0 radical (unpaired) electrons. The van der Waals surface area contributed by atoms with Gasteiger partial charge in [0.05, 0.1) is 18.1 Å². The number of fused-ring (bicyclic) bond motifs is 1. The highest BCUT2D eigenvalue weighted by atomic mass is 19.1. The predicted molar refractivity (Wildman–Crippen MR) is 74.7 cm³/mol. The van der Waals surface area contributed by atoms with Crippen LogP contribution in [0.3, 0.4) is 0 Å². The van der Waals surface area contributed by atoms with E-state index in [1.54, 1.807) is 19.4 Å². The summed E-state index contributed by atoms with van der Waals surface area (Å²) in [5, 5.41) is 0.740. The maximum Gasteiger partial charge on any atom is 0.195 e. The second-order valence-corrected chi connectivity index (χ2v) is 4.42. The van der Waals surface area contributed by atoms with Crippen LogP contribution >= 0.6 is 0 Å². The summed E-state index contributed by atoms with van der Waals surface area (Å²) in [7, 11) is 1.56. The Morgan fingerprint density at radius 3 is 2.60 bits per heavy atom. The smallest absolute Gasteiger partial charge is 0.195 e. The third kappa shape index (κ3) is 1.95.